The number of alkyl halides is 3. The smallest absolute Gasteiger partial charge is 0.166 e. The zero-order chi connectivity index (χ0) is 14.3. The van der Waals surface area contributed by atoms with E-state index in [0.717, 1.165) is 30.9 Å². The first-order valence-electron chi connectivity index (χ1n) is 7.13. The van der Waals surface area contributed by atoms with Crippen molar-refractivity contribution in [3.8, 4) is 0 Å². The predicted octanol–water partition coefficient (Wildman–Crippen LogP) is 5.30. The Labute approximate surface area is 115 Å². The molecule has 1 aromatic carbocycles. The van der Waals surface area contributed by atoms with Gasteiger partial charge in [0.2, 0.25) is 0 Å². The molecule has 0 unspecified atom stereocenters. The highest BCUT2D eigenvalue weighted by atomic mass is 28.3. The largest absolute Gasteiger partial charge is 0.416 e. The van der Waals surface area contributed by atoms with Gasteiger partial charge in [-0.15, -0.1) is 0 Å². The van der Waals surface area contributed by atoms with Gasteiger partial charge in [0.15, 0.2) is 0 Å². The Morgan fingerprint density at radius 1 is 1.05 bits per heavy atom. The lowest BCUT2D eigenvalue weighted by Crippen LogP contribution is -2.08. The van der Waals surface area contributed by atoms with Crippen LogP contribution in [-0.2, 0) is 12.6 Å². The Balaban J connectivity index is 2.42. The quantitative estimate of drug-likeness (QED) is 0.472. The molecule has 19 heavy (non-hydrogen) atoms. The Morgan fingerprint density at radius 3 is 2.32 bits per heavy atom. The van der Waals surface area contributed by atoms with Crippen LogP contribution in [0.1, 0.15) is 37.8 Å². The summed E-state index contributed by atoms with van der Waals surface area (Å²) in [5.41, 5.74) is 0.278. The average molecular weight is 288 g/mol. The predicted molar refractivity (Wildman–Crippen MR) is 77.3 cm³/mol. The summed E-state index contributed by atoms with van der Waals surface area (Å²) in [6, 6.07) is 9.72. The van der Waals surface area contributed by atoms with Gasteiger partial charge >= 0.3 is 6.18 Å². The van der Waals surface area contributed by atoms with Gasteiger partial charge in [-0.3, -0.25) is 0 Å². The van der Waals surface area contributed by atoms with E-state index in [4.69, 9.17) is 0 Å². The van der Waals surface area contributed by atoms with Crippen LogP contribution in [0, 0.1) is 0 Å². The number of hydrogen-bond donors (Lipinski definition) is 0. The van der Waals surface area contributed by atoms with E-state index in [1.54, 1.807) is 6.07 Å². The van der Waals surface area contributed by atoms with Crippen molar-refractivity contribution in [3.05, 3.63) is 35.4 Å². The second-order valence-electron chi connectivity index (χ2n) is 5.13. The Morgan fingerprint density at radius 2 is 1.74 bits per heavy atom. The molecule has 0 spiro atoms. The summed E-state index contributed by atoms with van der Waals surface area (Å²) in [5, 5.41) is 0. The van der Waals surface area contributed by atoms with E-state index in [1.165, 1.54) is 30.3 Å². The molecule has 1 aromatic rings. The normalized spacial score (nSPS) is 12.1. The monoisotopic (exact) mass is 288 g/mol. The van der Waals surface area contributed by atoms with Crippen molar-refractivity contribution < 1.29 is 13.2 Å². The summed E-state index contributed by atoms with van der Waals surface area (Å²) in [6.07, 6.45) is -1.30. The minimum atomic E-state index is -4.22. The van der Waals surface area contributed by atoms with E-state index in [0.29, 0.717) is 0 Å². The van der Waals surface area contributed by atoms with Gasteiger partial charge in [0.25, 0.3) is 0 Å². The molecule has 0 aliphatic rings. The van der Waals surface area contributed by atoms with Crippen molar-refractivity contribution in [2.45, 2.75) is 57.4 Å². The van der Waals surface area contributed by atoms with Crippen molar-refractivity contribution in [3.63, 3.8) is 0 Å². The zero-order valence-electron chi connectivity index (χ0n) is 11.8. The van der Waals surface area contributed by atoms with Crippen LogP contribution in [0.25, 0.3) is 0 Å². The first-order valence-corrected chi connectivity index (χ1v) is 9.58. The molecule has 0 atom stereocenters. The second kappa shape index (κ2) is 7.73. The Bertz CT molecular complexity index is 370. The first kappa shape index (κ1) is 16.3. The molecular formula is C15H23F3Si. The lowest BCUT2D eigenvalue weighted by Gasteiger charge is -2.11. The number of halogens is 3. The molecule has 0 aliphatic heterocycles. The number of aryl methyl sites for hydroxylation is 1. The van der Waals surface area contributed by atoms with Gasteiger partial charge in [0.05, 0.1) is 5.56 Å². The van der Waals surface area contributed by atoms with Crippen molar-refractivity contribution in [2.75, 3.05) is 0 Å². The number of benzene rings is 1. The maximum Gasteiger partial charge on any atom is 0.416 e. The molecule has 0 saturated carbocycles. The van der Waals surface area contributed by atoms with E-state index >= 15 is 0 Å². The van der Waals surface area contributed by atoms with E-state index in [1.807, 2.05) is 0 Å². The molecule has 0 saturated heterocycles. The summed E-state index contributed by atoms with van der Waals surface area (Å²) in [7, 11) is -0.535. The average Bonchev–Trinajstić information content (AvgIpc) is 2.38. The van der Waals surface area contributed by atoms with Gasteiger partial charge in [-0.1, -0.05) is 56.6 Å². The van der Waals surface area contributed by atoms with Crippen LogP contribution in [0.15, 0.2) is 24.3 Å². The molecule has 0 amide bonds. The highest BCUT2D eigenvalue weighted by Crippen LogP contribution is 2.29. The minimum Gasteiger partial charge on any atom is -0.166 e. The molecule has 0 fully saturated rings. The molecule has 1 rings (SSSR count). The van der Waals surface area contributed by atoms with Gasteiger partial charge < -0.3 is 0 Å². The standard InChI is InChI=1S/C15H23F3Si/c1-3-19(4-2)11-6-5-8-13-9-7-10-14(12-13)15(16,17)18/h7,9-10,12,19H,3-6,8,11H2,1-2H3. The number of rotatable bonds is 7. The summed E-state index contributed by atoms with van der Waals surface area (Å²) in [6.45, 7) is 4.51. The molecule has 108 valence electrons. The lowest BCUT2D eigenvalue weighted by molar-refractivity contribution is -0.137. The van der Waals surface area contributed by atoms with Crippen molar-refractivity contribution in [2.24, 2.45) is 0 Å². The van der Waals surface area contributed by atoms with Gasteiger partial charge in [-0.2, -0.15) is 13.2 Å². The third kappa shape index (κ3) is 5.81. The van der Waals surface area contributed by atoms with Crippen LogP contribution >= 0.6 is 0 Å². The molecule has 0 nitrogen and oxygen atoms in total. The van der Waals surface area contributed by atoms with Crippen molar-refractivity contribution >= 4 is 8.80 Å². The lowest BCUT2D eigenvalue weighted by atomic mass is 10.1. The van der Waals surface area contributed by atoms with Crippen LogP contribution in [0.4, 0.5) is 13.2 Å². The first-order chi connectivity index (χ1) is 8.97. The Hall–Kier alpha value is -0.773. The van der Waals surface area contributed by atoms with Crippen LogP contribution in [-0.4, -0.2) is 8.80 Å². The van der Waals surface area contributed by atoms with Crippen molar-refractivity contribution in [1.29, 1.82) is 0 Å². The van der Waals surface area contributed by atoms with E-state index in [2.05, 4.69) is 13.8 Å². The molecule has 4 heteroatoms. The fourth-order valence-corrected chi connectivity index (χ4v) is 4.62. The van der Waals surface area contributed by atoms with Gasteiger partial charge in [-0.05, 0) is 24.5 Å². The molecule has 0 heterocycles. The number of unbranched alkanes of at least 4 members (excludes halogenated alkanes) is 1. The van der Waals surface area contributed by atoms with E-state index < -0.39 is 20.5 Å². The third-order valence-corrected chi connectivity index (χ3v) is 7.27. The van der Waals surface area contributed by atoms with Gasteiger partial charge in [0.1, 0.15) is 0 Å². The third-order valence-electron chi connectivity index (χ3n) is 3.74. The van der Waals surface area contributed by atoms with Crippen molar-refractivity contribution in [1.82, 2.24) is 0 Å². The molecule has 0 N–H and O–H groups in total. The SMILES string of the molecule is CC[SiH](CC)CCCCc1cccc(C(F)(F)F)c1. The highest BCUT2D eigenvalue weighted by Gasteiger charge is 2.30. The summed E-state index contributed by atoms with van der Waals surface area (Å²) < 4.78 is 37.7. The summed E-state index contributed by atoms with van der Waals surface area (Å²) in [4.78, 5) is 0. The maximum atomic E-state index is 12.6. The van der Waals surface area contributed by atoms with Gasteiger partial charge in [-0.25, -0.2) is 0 Å². The fourth-order valence-electron chi connectivity index (χ4n) is 2.36. The molecule has 0 aromatic heterocycles. The molecular weight excluding hydrogens is 265 g/mol. The molecule has 0 aliphatic carbocycles. The summed E-state index contributed by atoms with van der Waals surface area (Å²) in [5.74, 6) is 0. The summed E-state index contributed by atoms with van der Waals surface area (Å²) >= 11 is 0. The van der Waals surface area contributed by atoms with Gasteiger partial charge in [0, 0.05) is 8.80 Å². The second-order valence-corrected chi connectivity index (χ2v) is 9.07. The fraction of sp³-hybridized carbons (Fsp3) is 0.600. The zero-order valence-corrected chi connectivity index (χ0v) is 12.9. The van der Waals surface area contributed by atoms with Crippen LogP contribution < -0.4 is 0 Å². The molecule has 0 bridgehead atoms. The van der Waals surface area contributed by atoms with Crippen LogP contribution in [0.5, 0.6) is 0 Å². The maximum absolute atomic E-state index is 12.6. The number of hydrogen-bond acceptors (Lipinski definition) is 0. The molecule has 0 radical (unpaired) electrons. The topological polar surface area (TPSA) is 0 Å². The van der Waals surface area contributed by atoms with Crippen LogP contribution in [0.2, 0.25) is 18.1 Å². The highest BCUT2D eigenvalue weighted by molar-refractivity contribution is 6.58. The van der Waals surface area contributed by atoms with E-state index in [-0.39, 0.29) is 0 Å². The minimum absolute atomic E-state index is 0.528. The van der Waals surface area contributed by atoms with E-state index in [9.17, 15) is 13.2 Å². The van der Waals surface area contributed by atoms with Crippen LogP contribution in [0.3, 0.4) is 0 Å². The Kier molecular flexibility index (Phi) is 6.62.